The van der Waals surface area contributed by atoms with Gasteiger partial charge in [0.25, 0.3) is 0 Å². The molecule has 0 atom stereocenters. The van der Waals surface area contributed by atoms with Crippen molar-refractivity contribution in [1.82, 2.24) is 5.16 Å². The Hall–Kier alpha value is -2.62. The summed E-state index contributed by atoms with van der Waals surface area (Å²) in [7, 11) is 0. The summed E-state index contributed by atoms with van der Waals surface area (Å²) in [5, 5.41) is 4.12. The van der Waals surface area contributed by atoms with Crippen LogP contribution in [0.5, 0.6) is 0 Å². The summed E-state index contributed by atoms with van der Waals surface area (Å²) < 4.78 is 18.5. The van der Waals surface area contributed by atoms with Gasteiger partial charge in [-0.15, -0.1) is 0 Å². The van der Waals surface area contributed by atoms with Crippen LogP contribution < -0.4 is 4.90 Å². The Labute approximate surface area is 129 Å². The van der Waals surface area contributed by atoms with Crippen LogP contribution in [-0.4, -0.2) is 11.7 Å². The van der Waals surface area contributed by atoms with Crippen LogP contribution in [0.25, 0.3) is 11.3 Å². The monoisotopic (exact) mass is 296 g/mol. The summed E-state index contributed by atoms with van der Waals surface area (Å²) in [5.74, 6) is 0.552. The topological polar surface area (TPSA) is 29.3 Å². The fourth-order valence-electron chi connectivity index (χ4n) is 2.36. The predicted octanol–water partition coefficient (Wildman–Crippen LogP) is 4.51. The van der Waals surface area contributed by atoms with Crippen molar-refractivity contribution in [3.05, 3.63) is 72.2 Å². The molecule has 0 unspecified atom stereocenters. The Balaban J connectivity index is 1.77. The lowest BCUT2D eigenvalue weighted by Crippen LogP contribution is -2.21. The lowest BCUT2D eigenvalue weighted by atomic mass is 10.1. The summed E-state index contributed by atoms with van der Waals surface area (Å²) >= 11 is 0. The minimum absolute atomic E-state index is 0.231. The molecule has 3 aromatic rings. The predicted molar refractivity (Wildman–Crippen MR) is 85.1 cm³/mol. The highest BCUT2D eigenvalue weighted by molar-refractivity contribution is 5.58. The summed E-state index contributed by atoms with van der Waals surface area (Å²) in [6, 6.07) is 18.3. The molecule has 1 heterocycles. The fourth-order valence-corrected chi connectivity index (χ4v) is 2.36. The van der Waals surface area contributed by atoms with Crippen LogP contribution in [0.4, 0.5) is 10.1 Å². The third kappa shape index (κ3) is 3.17. The van der Waals surface area contributed by atoms with E-state index in [-0.39, 0.29) is 5.82 Å². The van der Waals surface area contributed by atoms with E-state index in [1.165, 1.54) is 12.1 Å². The van der Waals surface area contributed by atoms with Gasteiger partial charge in [0.2, 0.25) is 0 Å². The smallest absolute Gasteiger partial charge is 0.156 e. The highest BCUT2D eigenvalue weighted by atomic mass is 19.1. The van der Waals surface area contributed by atoms with Gasteiger partial charge in [-0.2, -0.15) is 0 Å². The van der Waals surface area contributed by atoms with Crippen molar-refractivity contribution >= 4 is 5.69 Å². The van der Waals surface area contributed by atoms with Gasteiger partial charge in [0.15, 0.2) is 5.76 Å². The van der Waals surface area contributed by atoms with Gasteiger partial charge in [0.1, 0.15) is 11.5 Å². The van der Waals surface area contributed by atoms with Gasteiger partial charge in [-0.1, -0.05) is 35.5 Å². The van der Waals surface area contributed by atoms with Gasteiger partial charge in [0.05, 0.1) is 6.54 Å². The number of halogens is 1. The van der Waals surface area contributed by atoms with Crippen LogP contribution in [0.2, 0.25) is 0 Å². The molecule has 0 aliphatic carbocycles. The second-order valence-corrected chi connectivity index (χ2v) is 5.04. The molecule has 112 valence electrons. The van der Waals surface area contributed by atoms with Gasteiger partial charge >= 0.3 is 0 Å². The molecule has 2 aromatic carbocycles. The normalized spacial score (nSPS) is 10.6. The van der Waals surface area contributed by atoms with E-state index in [1.807, 2.05) is 36.4 Å². The van der Waals surface area contributed by atoms with Crippen LogP contribution in [0, 0.1) is 5.82 Å². The van der Waals surface area contributed by atoms with E-state index in [9.17, 15) is 4.39 Å². The molecular weight excluding hydrogens is 279 g/mol. The molecule has 0 saturated heterocycles. The van der Waals surface area contributed by atoms with Crippen LogP contribution in [-0.2, 0) is 6.54 Å². The molecule has 0 N–H and O–H groups in total. The average molecular weight is 296 g/mol. The van der Waals surface area contributed by atoms with Gasteiger partial charge in [-0.25, -0.2) is 4.39 Å². The van der Waals surface area contributed by atoms with Crippen molar-refractivity contribution in [1.29, 1.82) is 0 Å². The molecule has 4 heteroatoms. The standard InChI is InChI=1S/C18H17FN2O/c1-2-21(16-10-8-15(19)9-11-16)13-17-12-18(20-22-17)14-6-4-3-5-7-14/h3-12H,2,13H2,1H3. The van der Waals surface area contributed by atoms with Crippen molar-refractivity contribution in [3.63, 3.8) is 0 Å². The van der Waals surface area contributed by atoms with Gasteiger partial charge in [-0.3, -0.25) is 0 Å². The summed E-state index contributed by atoms with van der Waals surface area (Å²) in [5.41, 5.74) is 2.81. The second-order valence-electron chi connectivity index (χ2n) is 5.04. The van der Waals surface area contributed by atoms with E-state index in [1.54, 1.807) is 12.1 Å². The van der Waals surface area contributed by atoms with E-state index < -0.39 is 0 Å². The van der Waals surface area contributed by atoms with E-state index in [0.717, 1.165) is 29.2 Å². The van der Waals surface area contributed by atoms with Crippen LogP contribution in [0.1, 0.15) is 12.7 Å². The molecule has 3 nitrogen and oxygen atoms in total. The van der Waals surface area contributed by atoms with E-state index in [0.29, 0.717) is 6.54 Å². The Bertz CT molecular complexity index is 722. The fraction of sp³-hybridized carbons (Fsp3) is 0.167. The number of nitrogens with zero attached hydrogens (tertiary/aromatic N) is 2. The third-order valence-electron chi connectivity index (χ3n) is 3.55. The first-order valence-corrected chi connectivity index (χ1v) is 7.28. The van der Waals surface area contributed by atoms with E-state index >= 15 is 0 Å². The maximum absolute atomic E-state index is 13.0. The number of hydrogen-bond donors (Lipinski definition) is 0. The van der Waals surface area contributed by atoms with Crippen LogP contribution in [0.3, 0.4) is 0 Å². The summed E-state index contributed by atoms with van der Waals surface area (Å²) in [6.45, 7) is 3.45. The number of anilines is 1. The zero-order valence-corrected chi connectivity index (χ0v) is 12.4. The maximum atomic E-state index is 13.0. The number of aromatic nitrogens is 1. The van der Waals surface area contributed by atoms with Gasteiger partial charge < -0.3 is 9.42 Å². The first-order chi connectivity index (χ1) is 10.8. The number of benzene rings is 2. The molecule has 0 aliphatic heterocycles. The SMILES string of the molecule is CCN(Cc1cc(-c2ccccc2)no1)c1ccc(F)cc1. The minimum Gasteiger partial charge on any atom is -0.364 e. The highest BCUT2D eigenvalue weighted by Gasteiger charge is 2.11. The van der Waals surface area contributed by atoms with Crippen molar-refractivity contribution in [2.75, 3.05) is 11.4 Å². The lowest BCUT2D eigenvalue weighted by molar-refractivity contribution is 0.383. The van der Waals surface area contributed by atoms with Crippen molar-refractivity contribution in [2.45, 2.75) is 13.5 Å². The second kappa shape index (κ2) is 6.43. The molecule has 0 spiro atoms. The zero-order valence-electron chi connectivity index (χ0n) is 12.4. The van der Waals surface area contributed by atoms with E-state index in [2.05, 4.69) is 17.0 Å². The van der Waals surface area contributed by atoms with E-state index in [4.69, 9.17) is 4.52 Å². The number of rotatable bonds is 5. The minimum atomic E-state index is -0.231. The molecule has 0 fully saturated rings. The largest absolute Gasteiger partial charge is 0.364 e. The highest BCUT2D eigenvalue weighted by Crippen LogP contribution is 2.22. The Morgan fingerprint density at radius 1 is 1.05 bits per heavy atom. The average Bonchev–Trinajstić information content (AvgIpc) is 3.03. The molecule has 0 radical (unpaired) electrons. The molecule has 0 saturated carbocycles. The molecule has 0 bridgehead atoms. The Kier molecular flexibility index (Phi) is 4.19. The Morgan fingerprint density at radius 3 is 2.45 bits per heavy atom. The first kappa shape index (κ1) is 14.3. The number of hydrogen-bond acceptors (Lipinski definition) is 3. The van der Waals surface area contributed by atoms with Gasteiger partial charge in [-0.05, 0) is 31.2 Å². The molecule has 0 amide bonds. The molecular formula is C18H17FN2O. The molecule has 22 heavy (non-hydrogen) atoms. The van der Waals surface area contributed by atoms with Crippen LogP contribution in [0.15, 0.2) is 65.2 Å². The van der Waals surface area contributed by atoms with Crippen molar-refractivity contribution < 1.29 is 8.91 Å². The zero-order chi connectivity index (χ0) is 15.4. The van der Waals surface area contributed by atoms with Crippen molar-refractivity contribution in [2.24, 2.45) is 0 Å². The summed E-state index contributed by atoms with van der Waals surface area (Å²) in [6.07, 6.45) is 0. The quantitative estimate of drug-likeness (QED) is 0.694. The van der Waals surface area contributed by atoms with Crippen molar-refractivity contribution in [3.8, 4) is 11.3 Å². The van der Waals surface area contributed by atoms with Crippen LogP contribution >= 0.6 is 0 Å². The summed E-state index contributed by atoms with van der Waals surface area (Å²) in [4.78, 5) is 2.11. The molecule has 0 aliphatic rings. The Morgan fingerprint density at radius 2 is 1.77 bits per heavy atom. The first-order valence-electron chi connectivity index (χ1n) is 7.28. The lowest BCUT2D eigenvalue weighted by Gasteiger charge is -2.21. The third-order valence-corrected chi connectivity index (χ3v) is 3.55. The van der Waals surface area contributed by atoms with Gasteiger partial charge in [0, 0.05) is 23.9 Å². The molecule has 1 aromatic heterocycles. The molecule has 3 rings (SSSR count). The maximum Gasteiger partial charge on any atom is 0.156 e.